The summed E-state index contributed by atoms with van der Waals surface area (Å²) in [4.78, 5) is 9.46. The molecule has 3 aromatic rings. The Morgan fingerprint density at radius 3 is 3.04 bits per heavy atom. The first kappa shape index (κ1) is 15.2. The molecule has 0 bridgehead atoms. The Morgan fingerprint density at radius 2 is 2.21 bits per heavy atom. The van der Waals surface area contributed by atoms with Gasteiger partial charge in [0.15, 0.2) is 0 Å². The van der Waals surface area contributed by atoms with E-state index in [1.807, 2.05) is 18.3 Å². The molecule has 0 saturated carbocycles. The van der Waals surface area contributed by atoms with E-state index in [0.717, 1.165) is 40.2 Å². The van der Waals surface area contributed by atoms with E-state index in [4.69, 9.17) is 4.99 Å². The molecule has 1 aromatic carbocycles. The van der Waals surface area contributed by atoms with Crippen LogP contribution in [0.1, 0.15) is 40.6 Å². The number of nitrogens with zero attached hydrogens (tertiary/aromatic N) is 2. The Morgan fingerprint density at radius 1 is 1.38 bits per heavy atom. The lowest BCUT2D eigenvalue weighted by atomic mass is 9.89. The number of hydrogen-bond donors (Lipinski definition) is 1. The second-order valence-electron chi connectivity index (χ2n) is 6.61. The fraction of sp³-hybridized carbons (Fsp3) is 0.300. The topological polar surface area (TPSA) is 51.9 Å². The molecular formula is C20H19N3S. The number of hydrogen-bond acceptors (Lipinski definition) is 3. The lowest BCUT2D eigenvalue weighted by molar-refractivity contribution is 0.507. The van der Waals surface area contributed by atoms with Gasteiger partial charge in [-0.3, -0.25) is 0 Å². The number of aromatic amines is 1. The van der Waals surface area contributed by atoms with Gasteiger partial charge in [-0.2, -0.15) is 5.26 Å². The number of aryl methyl sites for hydroxylation is 1. The highest BCUT2D eigenvalue weighted by Crippen LogP contribution is 2.40. The van der Waals surface area contributed by atoms with Crippen molar-refractivity contribution in [3.05, 3.63) is 51.5 Å². The standard InChI is InChI=1S/C20H19N3S/c1-12-7-8-15-16(10-21)20(24-19(15)9-12)22-11-17-13(2)23-18-6-4-3-5-14(17)18/h3-6,11-12,23H,7-9H2,1-2H3. The van der Waals surface area contributed by atoms with Crippen molar-refractivity contribution in [1.82, 2.24) is 4.98 Å². The van der Waals surface area contributed by atoms with Crippen LogP contribution in [-0.2, 0) is 12.8 Å². The van der Waals surface area contributed by atoms with E-state index < -0.39 is 0 Å². The largest absolute Gasteiger partial charge is 0.358 e. The van der Waals surface area contributed by atoms with Crippen molar-refractivity contribution in [2.45, 2.75) is 33.1 Å². The summed E-state index contributed by atoms with van der Waals surface area (Å²) in [6.07, 6.45) is 5.17. The van der Waals surface area contributed by atoms with Gasteiger partial charge < -0.3 is 4.98 Å². The number of H-pyrrole nitrogens is 1. The van der Waals surface area contributed by atoms with Crippen molar-refractivity contribution in [3.63, 3.8) is 0 Å². The van der Waals surface area contributed by atoms with Gasteiger partial charge in [0.25, 0.3) is 0 Å². The number of aromatic nitrogens is 1. The number of rotatable bonds is 2. The third kappa shape index (κ3) is 2.46. The van der Waals surface area contributed by atoms with Gasteiger partial charge in [-0.25, -0.2) is 4.99 Å². The molecule has 4 rings (SSSR count). The monoisotopic (exact) mass is 333 g/mol. The minimum Gasteiger partial charge on any atom is -0.358 e. The van der Waals surface area contributed by atoms with Gasteiger partial charge in [0.1, 0.15) is 11.1 Å². The molecule has 1 N–H and O–H groups in total. The normalized spacial score (nSPS) is 17.3. The molecule has 120 valence electrons. The van der Waals surface area contributed by atoms with Crippen molar-refractivity contribution in [1.29, 1.82) is 5.26 Å². The fourth-order valence-corrected chi connectivity index (χ4v) is 4.84. The minimum absolute atomic E-state index is 0.704. The Hall–Kier alpha value is -2.38. The molecule has 4 heteroatoms. The molecule has 0 saturated heterocycles. The zero-order valence-corrected chi connectivity index (χ0v) is 14.7. The molecule has 0 radical (unpaired) electrons. The van der Waals surface area contributed by atoms with Crippen LogP contribution >= 0.6 is 11.3 Å². The Labute approximate surface area is 145 Å². The highest BCUT2D eigenvalue weighted by Gasteiger charge is 2.23. The number of para-hydroxylation sites is 1. The number of benzene rings is 1. The van der Waals surface area contributed by atoms with Crippen LogP contribution in [0.25, 0.3) is 10.9 Å². The van der Waals surface area contributed by atoms with Crippen LogP contribution in [0.2, 0.25) is 0 Å². The van der Waals surface area contributed by atoms with Gasteiger partial charge in [0.05, 0.1) is 5.56 Å². The lowest BCUT2D eigenvalue weighted by Gasteiger charge is -2.17. The average Bonchev–Trinajstić information content (AvgIpc) is 3.08. The Kier molecular flexibility index (Phi) is 3.74. The maximum absolute atomic E-state index is 9.59. The van der Waals surface area contributed by atoms with Gasteiger partial charge in [-0.05, 0) is 43.7 Å². The van der Waals surface area contributed by atoms with Crippen molar-refractivity contribution in [2.24, 2.45) is 10.9 Å². The summed E-state index contributed by atoms with van der Waals surface area (Å²) < 4.78 is 0. The van der Waals surface area contributed by atoms with Crippen molar-refractivity contribution in [2.75, 3.05) is 0 Å². The SMILES string of the molecule is Cc1[nH]c2ccccc2c1C=Nc1sc2c(c1C#N)CCC(C)C2. The summed E-state index contributed by atoms with van der Waals surface area (Å²) in [6, 6.07) is 10.6. The molecule has 1 aliphatic carbocycles. The summed E-state index contributed by atoms with van der Waals surface area (Å²) >= 11 is 1.69. The number of nitrogens with one attached hydrogen (secondary N) is 1. The van der Waals surface area contributed by atoms with E-state index in [1.54, 1.807) is 11.3 Å². The van der Waals surface area contributed by atoms with Crippen LogP contribution < -0.4 is 0 Å². The first-order valence-corrected chi connectivity index (χ1v) is 9.15. The van der Waals surface area contributed by atoms with E-state index in [9.17, 15) is 5.26 Å². The molecule has 0 fully saturated rings. The predicted octanol–water partition coefficient (Wildman–Crippen LogP) is 5.28. The van der Waals surface area contributed by atoms with Crippen LogP contribution in [0.4, 0.5) is 5.00 Å². The van der Waals surface area contributed by atoms with Crippen LogP contribution in [0.3, 0.4) is 0 Å². The average molecular weight is 333 g/mol. The molecule has 1 unspecified atom stereocenters. The second-order valence-corrected chi connectivity index (χ2v) is 7.69. The van der Waals surface area contributed by atoms with Crippen LogP contribution in [0, 0.1) is 24.2 Å². The van der Waals surface area contributed by atoms with Crippen LogP contribution in [0.5, 0.6) is 0 Å². The molecule has 2 aromatic heterocycles. The summed E-state index contributed by atoms with van der Waals surface area (Å²) in [5, 5.41) is 11.6. The maximum Gasteiger partial charge on any atom is 0.134 e. The lowest BCUT2D eigenvalue weighted by Crippen LogP contribution is -2.09. The molecule has 24 heavy (non-hydrogen) atoms. The zero-order valence-electron chi connectivity index (χ0n) is 13.9. The summed E-state index contributed by atoms with van der Waals surface area (Å²) in [6.45, 7) is 4.35. The number of aliphatic imine (C=N–C) groups is 1. The molecule has 0 amide bonds. The maximum atomic E-state index is 9.59. The minimum atomic E-state index is 0.704. The fourth-order valence-electron chi connectivity index (χ4n) is 3.53. The molecule has 0 aliphatic heterocycles. The molecule has 3 nitrogen and oxygen atoms in total. The number of nitriles is 1. The second kappa shape index (κ2) is 5.92. The van der Waals surface area contributed by atoms with E-state index in [1.165, 1.54) is 22.2 Å². The Balaban J connectivity index is 1.77. The molecule has 0 spiro atoms. The quantitative estimate of drug-likeness (QED) is 0.637. The van der Waals surface area contributed by atoms with Crippen molar-refractivity contribution >= 4 is 33.5 Å². The molecular weight excluding hydrogens is 314 g/mol. The number of thiophene rings is 1. The van der Waals surface area contributed by atoms with Crippen molar-refractivity contribution in [3.8, 4) is 6.07 Å². The molecule has 1 aliphatic rings. The van der Waals surface area contributed by atoms with Crippen LogP contribution in [0.15, 0.2) is 29.3 Å². The summed E-state index contributed by atoms with van der Waals surface area (Å²) in [5.41, 5.74) is 5.36. The van der Waals surface area contributed by atoms with E-state index in [2.05, 4.69) is 37.0 Å². The summed E-state index contributed by atoms with van der Waals surface area (Å²) in [5.74, 6) is 0.704. The van der Waals surface area contributed by atoms with Gasteiger partial charge in [0, 0.05) is 33.3 Å². The third-order valence-corrected chi connectivity index (χ3v) is 6.02. The smallest absolute Gasteiger partial charge is 0.134 e. The first-order valence-electron chi connectivity index (χ1n) is 8.33. The molecule has 1 atom stereocenters. The van der Waals surface area contributed by atoms with E-state index in [0.29, 0.717) is 5.92 Å². The van der Waals surface area contributed by atoms with Gasteiger partial charge in [-0.15, -0.1) is 11.3 Å². The predicted molar refractivity (Wildman–Crippen MR) is 101 cm³/mol. The van der Waals surface area contributed by atoms with Crippen LogP contribution in [-0.4, -0.2) is 11.2 Å². The van der Waals surface area contributed by atoms with E-state index >= 15 is 0 Å². The third-order valence-electron chi connectivity index (χ3n) is 4.86. The number of fused-ring (bicyclic) bond motifs is 2. The van der Waals surface area contributed by atoms with Gasteiger partial charge >= 0.3 is 0 Å². The van der Waals surface area contributed by atoms with Gasteiger partial charge in [0.2, 0.25) is 0 Å². The van der Waals surface area contributed by atoms with Crippen molar-refractivity contribution < 1.29 is 0 Å². The zero-order chi connectivity index (χ0) is 16.7. The van der Waals surface area contributed by atoms with E-state index in [-0.39, 0.29) is 0 Å². The highest BCUT2D eigenvalue weighted by molar-refractivity contribution is 7.16. The molecule has 2 heterocycles. The summed E-state index contributed by atoms with van der Waals surface area (Å²) in [7, 11) is 0. The first-order chi connectivity index (χ1) is 11.7. The van der Waals surface area contributed by atoms with Gasteiger partial charge in [-0.1, -0.05) is 25.1 Å². The Bertz CT molecular complexity index is 984. The highest BCUT2D eigenvalue weighted by atomic mass is 32.1.